The Labute approximate surface area is 74.6 Å². The van der Waals surface area contributed by atoms with Gasteiger partial charge >= 0.3 is 0 Å². The van der Waals surface area contributed by atoms with E-state index in [1.54, 1.807) is 6.92 Å². The number of hydrogen-bond donors (Lipinski definition) is 1. The molecule has 0 radical (unpaired) electrons. The van der Waals surface area contributed by atoms with Gasteiger partial charge in [-0.15, -0.1) is 0 Å². The van der Waals surface area contributed by atoms with Gasteiger partial charge in [0.2, 0.25) is 0 Å². The topological polar surface area (TPSA) is 68.9 Å². The molecule has 0 aliphatic heterocycles. The van der Waals surface area contributed by atoms with Gasteiger partial charge in [0.05, 0.1) is 11.3 Å². The molecule has 0 aliphatic rings. The van der Waals surface area contributed by atoms with Crippen LogP contribution in [0.5, 0.6) is 0 Å². The van der Waals surface area contributed by atoms with Crippen LogP contribution in [0.3, 0.4) is 0 Å². The van der Waals surface area contributed by atoms with Crippen molar-refractivity contribution in [3.8, 4) is 0 Å². The van der Waals surface area contributed by atoms with Gasteiger partial charge in [0.15, 0.2) is 5.16 Å². The van der Waals surface area contributed by atoms with Crippen molar-refractivity contribution >= 4 is 17.7 Å². The van der Waals surface area contributed by atoms with Gasteiger partial charge < -0.3 is 5.73 Å². The van der Waals surface area contributed by atoms with Crippen molar-refractivity contribution in [1.82, 2.24) is 9.97 Å². The Hall–Kier alpha value is -1.10. The Kier molecular flexibility index (Phi) is 2.65. The van der Waals surface area contributed by atoms with E-state index in [9.17, 15) is 4.79 Å². The summed E-state index contributed by atoms with van der Waals surface area (Å²) in [7, 11) is 0. The van der Waals surface area contributed by atoms with E-state index in [-0.39, 0.29) is 0 Å². The highest BCUT2D eigenvalue weighted by atomic mass is 32.2. The van der Waals surface area contributed by atoms with E-state index < -0.39 is 5.91 Å². The first-order valence-corrected chi connectivity index (χ1v) is 4.55. The number of aromatic nitrogens is 2. The standard InChI is InChI=1S/C7H9N3OS/c1-4-5(6(8)11)3-9-7(10-4)12-2/h3H,1-2H3,(H2,8,11). The summed E-state index contributed by atoms with van der Waals surface area (Å²) in [6.45, 7) is 1.74. The van der Waals surface area contributed by atoms with Gasteiger partial charge in [0, 0.05) is 6.20 Å². The van der Waals surface area contributed by atoms with Gasteiger partial charge in [0.1, 0.15) is 0 Å². The summed E-state index contributed by atoms with van der Waals surface area (Å²) in [5, 5.41) is 0.650. The number of aryl methyl sites for hydroxylation is 1. The SMILES string of the molecule is CSc1ncc(C(N)=O)c(C)n1. The van der Waals surface area contributed by atoms with E-state index >= 15 is 0 Å². The fourth-order valence-electron chi connectivity index (χ4n) is 0.786. The highest BCUT2D eigenvalue weighted by molar-refractivity contribution is 7.98. The number of nitrogens with zero attached hydrogens (tertiary/aromatic N) is 2. The largest absolute Gasteiger partial charge is 0.365 e. The lowest BCUT2D eigenvalue weighted by Gasteiger charge is -2.00. The lowest BCUT2D eigenvalue weighted by atomic mass is 10.2. The molecule has 0 spiro atoms. The summed E-state index contributed by atoms with van der Waals surface area (Å²) >= 11 is 1.43. The minimum absolute atomic E-state index is 0.382. The molecule has 0 aliphatic carbocycles. The first-order chi connectivity index (χ1) is 5.65. The third-order valence-electron chi connectivity index (χ3n) is 1.41. The molecular formula is C7H9N3OS. The maximum absolute atomic E-state index is 10.8. The van der Waals surface area contributed by atoms with E-state index in [2.05, 4.69) is 9.97 Å². The highest BCUT2D eigenvalue weighted by Crippen LogP contribution is 2.10. The molecule has 0 fully saturated rings. The molecule has 0 saturated heterocycles. The lowest BCUT2D eigenvalue weighted by molar-refractivity contribution is 0.0998. The fraction of sp³-hybridized carbons (Fsp3) is 0.286. The third-order valence-corrected chi connectivity index (χ3v) is 1.97. The normalized spacial score (nSPS) is 9.83. The second-order valence-corrected chi connectivity index (χ2v) is 2.99. The Morgan fingerprint density at radius 3 is 2.75 bits per heavy atom. The van der Waals surface area contributed by atoms with Gasteiger partial charge in [-0.1, -0.05) is 11.8 Å². The predicted octanol–water partition coefficient (Wildman–Crippen LogP) is 0.606. The van der Waals surface area contributed by atoms with Crippen LogP contribution in [0.25, 0.3) is 0 Å². The maximum atomic E-state index is 10.8. The molecule has 0 saturated carbocycles. The quantitative estimate of drug-likeness (QED) is 0.538. The molecule has 1 heterocycles. The van der Waals surface area contributed by atoms with Crippen LogP contribution in [0.2, 0.25) is 0 Å². The number of carbonyl (C=O) groups is 1. The van der Waals surface area contributed by atoms with E-state index in [0.29, 0.717) is 16.4 Å². The molecule has 1 rings (SSSR count). The first kappa shape index (κ1) is 8.99. The summed E-state index contributed by atoms with van der Waals surface area (Å²) in [5.74, 6) is -0.486. The van der Waals surface area contributed by atoms with Crippen LogP contribution in [0.4, 0.5) is 0 Å². The zero-order chi connectivity index (χ0) is 9.14. The molecule has 0 bridgehead atoms. The Balaban J connectivity index is 3.12. The lowest BCUT2D eigenvalue weighted by Crippen LogP contribution is -2.14. The van der Waals surface area contributed by atoms with Crippen molar-refractivity contribution in [2.45, 2.75) is 12.1 Å². The summed E-state index contributed by atoms with van der Waals surface area (Å²) in [5.41, 5.74) is 6.09. The molecule has 2 N–H and O–H groups in total. The molecule has 4 nitrogen and oxygen atoms in total. The van der Waals surface area contributed by atoms with Crippen molar-refractivity contribution in [2.75, 3.05) is 6.26 Å². The number of rotatable bonds is 2. The molecule has 1 aromatic rings. The highest BCUT2D eigenvalue weighted by Gasteiger charge is 2.06. The number of nitrogens with two attached hydrogens (primary N) is 1. The van der Waals surface area contributed by atoms with E-state index in [0.717, 1.165) is 0 Å². The summed E-state index contributed by atoms with van der Waals surface area (Å²) in [6, 6.07) is 0. The van der Waals surface area contributed by atoms with Crippen LogP contribution in [0.15, 0.2) is 11.4 Å². The zero-order valence-electron chi connectivity index (χ0n) is 6.87. The van der Waals surface area contributed by atoms with Crippen LogP contribution < -0.4 is 5.73 Å². The van der Waals surface area contributed by atoms with Gasteiger partial charge in [0.25, 0.3) is 5.91 Å². The van der Waals surface area contributed by atoms with Gasteiger partial charge in [-0.25, -0.2) is 9.97 Å². The minimum Gasteiger partial charge on any atom is -0.365 e. The van der Waals surface area contributed by atoms with Gasteiger partial charge in [-0.2, -0.15) is 0 Å². The number of amides is 1. The van der Waals surface area contributed by atoms with Crippen molar-refractivity contribution in [1.29, 1.82) is 0 Å². The van der Waals surface area contributed by atoms with Crippen molar-refractivity contribution in [3.05, 3.63) is 17.5 Å². The van der Waals surface area contributed by atoms with Gasteiger partial charge in [-0.3, -0.25) is 4.79 Å². The van der Waals surface area contributed by atoms with Crippen LogP contribution >= 0.6 is 11.8 Å². The van der Waals surface area contributed by atoms with Crippen LogP contribution in [0.1, 0.15) is 16.1 Å². The second-order valence-electron chi connectivity index (χ2n) is 2.22. The first-order valence-electron chi connectivity index (χ1n) is 3.32. The van der Waals surface area contributed by atoms with Crippen molar-refractivity contribution in [3.63, 3.8) is 0 Å². The minimum atomic E-state index is -0.486. The smallest absolute Gasteiger partial charge is 0.252 e. The molecule has 5 heteroatoms. The summed E-state index contributed by atoms with van der Waals surface area (Å²) in [6.07, 6.45) is 3.33. The Morgan fingerprint density at radius 1 is 1.67 bits per heavy atom. The van der Waals surface area contributed by atoms with E-state index in [1.165, 1.54) is 18.0 Å². The fourth-order valence-corrected chi connectivity index (χ4v) is 1.17. The van der Waals surface area contributed by atoms with E-state index in [1.807, 2.05) is 6.26 Å². The van der Waals surface area contributed by atoms with Crippen LogP contribution in [-0.4, -0.2) is 22.1 Å². The molecule has 1 amide bonds. The molecule has 0 atom stereocenters. The zero-order valence-corrected chi connectivity index (χ0v) is 7.68. The molecule has 64 valence electrons. The number of hydrogen-bond acceptors (Lipinski definition) is 4. The van der Waals surface area contributed by atoms with Crippen molar-refractivity contribution < 1.29 is 4.79 Å². The molecular weight excluding hydrogens is 174 g/mol. The number of carbonyl (C=O) groups excluding carboxylic acids is 1. The van der Waals surface area contributed by atoms with E-state index in [4.69, 9.17) is 5.73 Å². The molecule has 12 heavy (non-hydrogen) atoms. The maximum Gasteiger partial charge on any atom is 0.252 e. The average molecular weight is 183 g/mol. The average Bonchev–Trinajstić information content (AvgIpc) is 2.03. The van der Waals surface area contributed by atoms with Crippen LogP contribution in [0, 0.1) is 6.92 Å². The Morgan fingerprint density at radius 2 is 2.33 bits per heavy atom. The second kappa shape index (κ2) is 3.53. The van der Waals surface area contributed by atoms with Gasteiger partial charge in [-0.05, 0) is 13.2 Å². The van der Waals surface area contributed by atoms with Crippen molar-refractivity contribution in [2.24, 2.45) is 5.73 Å². The molecule has 0 aromatic carbocycles. The number of primary amides is 1. The summed E-state index contributed by atoms with van der Waals surface area (Å²) in [4.78, 5) is 18.8. The Bertz CT molecular complexity index is 314. The molecule has 1 aromatic heterocycles. The third kappa shape index (κ3) is 1.73. The molecule has 0 unspecified atom stereocenters. The predicted molar refractivity (Wildman–Crippen MR) is 47.1 cm³/mol. The summed E-state index contributed by atoms with van der Waals surface area (Å²) < 4.78 is 0. The van der Waals surface area contributed by atoms with Crippen LogP contribution in [-0.2, 0) is 0 Å². The monoisotopic (exact) mass is 183 g/mol. The number of thioether (sulfide) groups is 1.